The van der Waals surface area contributed by atoms with Crippen LogP contribution in [0, 0.1) is 5.92 Å². The highest BCUT2D eigenvalue weighted by Crippen LogP contribution is 2.31. The highest BCUT2D eigenvalue weighted by molar-refractivity contribution is 7.99. The minimum Gasteiger partial charge on any atom is -0.468 e. The van der Waals surface area contributed by atoms with Crippen LogP contribution in [0.3, 0.4) is 0 Å². The van der Waals surface area contributed by atoms with Gasteiger partial charge in [-0.1, -0.05) is 0 Å². The van der Waals surface area contributed by atoms with E-state index in [0.717, 1.165) is 5.76 Å². The Morgan fingerprint density at radius 1 is 1.46 bits per heavy atom. The molecular formula is C10H15NOS. The summed E-state index contributed by atoms with van der Waals surface area (Å²) in [6, 6.07) is 4.00. The Morgan fingerprint density at radius 2 is 2.23 bits per heavy atom. The summed E-state index contributed by atoms with van der Waals surface area (Å²) in [6.45, 7) is 0. The summed E-state index contributed by atoms with van der Waals surface area (Å²) in [4.78, 5) is 0. The van der Waals surface area contributed by atoms with E-state index in [0.29, 0.717) is 5.92 Å². The maximum atomic E-state index is 6.11. The van der Waals surface area contributed by atoms with Crippen molar-refractivity contribution in [2.45, 2.75) is 18.9 Å². The van der Waals surface area contributed by atoms with E-state index < -0.39 is 0 Å². The maximum Gasteiger partial charge on any atom is 0.120 e. The minimum absolute atomic E-state index is 0.107. The van der Waals surface area contributed by atoms with Crippen LogP contribution >= 0.6 is 11.8 Å². The Morgan fingerprint density at radius 3 is 2.85 bits per heavy atom. The Bertz CT molecular complexity index is 241. The predicted octanol–water partition coefficient (Wildman–Crippen LogP) is 2.42. The van der Waals surface area contributed by atoms with Gasteiger partial charge in [-0.3, -0.25) is 0 Å². The zero-order chi connectivity index (χ0) is 9.10. The van der Waals surface area contributed by atoms with Crippen molar-refractivity contribution in [3.63, 3.8) is 0 Å². The molecule has 0 bridgehead atoms. The average Bonchev–Trinajstić information content (AvgIpc) is 2.71. The van der Waals surface area contributed by atoms with Gasteiger partial charge in [0.2, 0.25) is 0 Å². The molecule has 1 aliphatic rings. The van der Waals surface area contributed by atoms with E-state index in [-0.39, 0.29) is 6.04 Å². The summed E-state index contributed by atoms with van der Waals surface area (Å²) >= 11 is 2.03. The quantitative estimate of drug-likeness (QED) is 0.791. The van der Waals surface area contributed by atoms with E-state index in [4.69, 9.17) is 10.2 Å². The van der Waals surface area contributed by atoms with Gasteiger partial charge in [-0.15, -0.1) is 0 Å². The van der Waals surface area contributed by atoms with Crippen molar-refractivity contribution >= 4 is 11.8 Å². The first-order valence-corrected chi connectivity index (χ1v) is 5.90. The van der Waals surface area contributed by atoms with Crippen molar-refractivity contribution in [3.05, 3.63) is 24.2 Å². The number of furan rings is 1. The molecule has 2 rings (SSSR count). The molecule has 2 nitrogen and oxygen atoms in total. The zero-order valence-electron chi connectivity index (χ0n) is 7.61. The fourth-order valence-corrected chi connectivity index (χ4v) is 2.93. The molecule has 2 N–H and O–H groups in total. The molecule has 0 spiro atoms. The van der Waals surface area contributed by atoms with Crippen LogP contribution in [0.2, 0.25) is 0 Å². The molecule has 1 aliphatic heterocycles. The van der Waals surface area contributed by atoms with Crippen molar-refractivity contribution in [1.29, 1.82) is 0 Å². The van der Waals surface area contributed by atoms with Gasteiger partial charge in [0.25, 0.3) is 0 Å². The maximum absolute atomic E-state index is 6.11. The van der Waals surface area contributed by atoms with Gasteiger partial charge in [0.15, 0.2) is 0 Å². The molecule has 1 fully saturated rings. The van der Waals surface area contributed by atoms with E-state index in [1.165, 1.54) is 24.3 Å². The molecule has 1 saturated heterocycles. The first-order chi connectivity index (χ1) is 6.38. The van der Waals surface area contributed by atoms with Crippen molar-refractivity contribution in [3.8, 4) is 0 Å². The summed E-state index contributed by atoms with van der Waals surface area (Å²) in [5.74, 6) is 4.06. The molecule has 0 aliphatic carbocycles. The lowest BCUT2D eigenvalue weighted by molar-refractivity contribution is 0.346. The Kier molecular flexibility index (Phi) is 2.96. The molecule has 1 aromatic heterocycles. The largest absolute Gasteiger partial charge is 0.468 e. The van der Waals surface area contributed by atoms with E-state index in [2.05, 4.69) is 0 Å². The molecule has 0 aromatic carbocycles. The van der Waals surface area contributed by atoms with Gasteiger partial charge in [0.05, 0.1) is 12.3 Å². The molecule has 1 atom stereocenters. The molecule has 0 radical (unpaired) electrons. The van der Waals surface area contributed by atoms with Gasteiger partial charge < -0.3 is 10.2 Å². The van der Waals surface area contributed by atoms with Crippen LogP contribution in [0.4, 0.5) is 0 Å². The van der Waals surface area contributed by atoms with E-state index in [1.807, 2.05) is 23.9 Å². The van der Waals surface area contributed by atoms with Gasteiger partial charge in [0.1, 0.15) is 5.76 Å². The van der Waals surface area contributed by atoms with Crippen LogP contribution in [-0.2, 0) is 0 Å². The van der Waals surface area contributed by atoms with E-state index >= 15 is 0 Å². The molecule has 1 aromatic rings. The molecule has 1 unspecified atom stereocenters. The standard InChI is InChI=1S/C10H15NOS/c11-10(9-2-1-5-12-9)8-3-6-13-7-4-8/h1-2,5,8,10H,3-4,6-7,11H2. The van der Waals surface area contributed by atoms with Crippen LogP contribution in [0.25, 0.3) is 0 Å². The first-order valence-electron chi connectivity index (χ1n) is 4.74. The number of thioether (sulfide) groups is 1. The van der Waals surface area contributed by atoms with Crippen LogP contribution < -0.4 is 5.73 Å². The number of rotatable bonds is 2. The monoisotopic (exact) mass is 197 g/mol. The number of hydrogen-bond acceptors (Lipinski definition) is 3. The second-order valence-corrected chi connectivity index (χ2v) is 4.72. The molecule has 2 heterocycles. The molecular weight excluding hydrogens is 182 g/mol. The predicted molar refractivity (Wildman–Crippen MR) is 55.7 cm³/mol. The third-order valence-corrected chi connectivity index (χ3v) is 3.69. The number of hydrogen-bond donors (Lipinski definition) is 1. The van der Waals surface area contributed by atoms with E-state index in [1.54, 1.807) is 6.26 Å². The highest BCUT2D eigenvalue weighted by Gasteiger charge is 2.23. The third-order valence-electron chi connectivity index (χ3n) is 2.65. The van der Waals surface area contributed by atoms with Gasteiger partial charge >= 0.3 is 0 Å². The first kappa shape index (κ1) is 9.16. The fraction of sp³-hybridized carbons (Fsp3) is 0.600. The van der Waals surface area contributed by atoms with Gasteiger partial charge in [-0.05, 0) is 42.4 Å². The minimum atomic E-state index is 0.107. The molecule has 3 heteroatoms. The van der Waals surface area contributed by atoms with Crippen LogP contribution in [0.15, 0.2) is 22.8 Å². The molecule has 0 amide bonds. The second kappa shape index (κ2) is 4.20. The lowest BCUT2D eigenvalue weighted by Gasteiger charge is -2.25. The van der Waals surface area contributed by atoms with Crippen LogP contribution in [-0.4, -0.2) is 11.5 Å². The molecule has 13 heavy (non-hydrogen) atoms. The van der Waals surface area contributed by atoms with Crippen LogP contribution in [0.1, 0.15) is 24.6 Å². The summed E-state index contributed by atoms with van der Waals surface area (Å²) in [5, 5.41) is 0. The van der Waals surface area contributed by atoms with Gasteiger partial charge in [0, 0.05) is 0 Å². The van der Waals surface area contributed by atoms with Crippen molar-refractivity contribution in [1.82, 2.24) is 0 Å². The fourth-order valence-electron chi connectivity index (χ4n) is 1.79. The lowest BCUT2D eigenvalue weighted by atomic mass is 9.93. The van der Waals surface area contributed by atoms with Gasteiger partial charge in [-0.2, -0.15) is 11.8 Å². The summed E-state index contributed by atoms with van der Waals surface area (Å²) < 4.78 is 5.32. The summed E-state index contributed by atoms with van der Waals surface area (Å²) in [7, 11) is 0. The second-order valence-electron chi connectivity index (χ2n) is 3.49. The Balaban J connectivity index is 1.99. The molecule has 72 valence electrons. The van der Waals surface area contributed by atoms with Crippen molar-refractivity contribution in [2.24, 2.45) is 11.7 Å². The van der Waals surface area contributed by atoms with E-state index in [9.17, 15) is 0 Å². The van der Waals surface area contributed by atoms with Crippen LogP contribution in [0.5, 0.6) is 0 Å². The summed E-state index contributed by atoms with van der Waals surface area (Å²) in [6.07, 6.45) is 4.16. The smallest absolute Gasteiger partial charge is 0.120 e. The Labute approximate surface area is 82.9 Å². The Hall–Kier alpha value is -0.410. The lowest BCUT2D eigenvalue weighted by Crippen LogP contribution is -2.24. The summed E-state index contributed by atoms with van der Waals surface area (Å²) in [5.41, 5.74) is 6.11. The van der Waals surface area contributed by atoms with Crippen molar-refractivity contribution < 1.29 is 4.42 Å². The third kappa shape index (κ3) is 2.09. The van der Waals surface area contributed by atoms with Crippen molar-refractivity contribution in [2.75, 3.05) is 11.5 Å². The zero-order valence-corrected chi connectivity index (χ0v) is 8.43. The SMILES string of the molecule is NC(c1ccco1)C1CCSCC1. The highest BCUT2D eigenvalue weighted by atomic mass is 32.2. The average molecular weight is 197 g/mol. The number of nitrogens with two attached hydrogens (primary N) is 1. The van der Waals surface area contributed by atoms with Gasteiger partial charge in [-0.25, -0.2) is 0 Å². The normalized spacial score (nSPS) is 21.6. The molecule has 0 saturated carbocycles. The topological polar surface area (TPSA) is 39.2 Å².